The van der Waals surface area contributed by atoms with Crippen LogP contribution in [0.5, 0.6) is 0 Å². The fourth-order valence-corrected chi connectivity index (χ4v) is 6.49. The molecule has 0 amide bonds. The maximum atomic E-state index is 14.1. The number of carboxylic acid groups (broad SMARTS) is 1. The molecule has 0 bridgehead atoms. The monoisotopic (exact) mass is 523 g/mol. The molecule has 0 saturated carbocycles. The first-order chi connectivity index (χ1) is 18.2. The molecule has 0 radical (unpaired) electrons. The van der Waals surface area contributed by atoms with Gasteiger partial charge in [0.25, 0.3) is 0 Å². The van der Waals surface area contributed by atoms with Crippen LogP contribution < -0.4 is 0 Å². The molecule has 5 nitrogen and oxygen atoms in total. The van der Waals surface area contributed by atoms with E-state index in [0.717, 1.165) is 62.9 Å². The molecule has 204 valence electrons. The number of hydrogen-bond donors (Lipinski definition) is 1. The molecule has 4 rings (SSSR count). The van der Waals surface area contributed by atoms with Crippen LogP contribution in [0.4, 0.5) is 8.78 Å². The lowest BCUT2D eigenvalue weighted by molar-refractivity contribution is -0.144. The summed E-state index contributed by atoms with van der Waals surface area (Å²) in [4.78, 5) is 16.6. The maximum absolute atomic E-state index is 14.1. The van der Waals surface area contributed by atoms with Gasteiger partial charge in [-0.3, -0.25) is 9.69 Å². The number of benzene rings is 2. The quantitative estimate of drug-likeness (QED) is 0.433. The van der Waals surface area contributed by atoms with E-state index in [-0.39, 0.29) is 29.1 Å². The number of likely N-dealkylation sites (tertiary alicyclic amines) is 2. The highest BCUT2D eigenvalue weighted by molar-refractivity contribution is 5.73. The van der Waals surface area contributed by atoms with Crippen molar-refractivity contribution in [1.82, 2.24) is 9.80 Å². The molecule has 7 heteroatoms. The van der Waals surface area contributed by atoms with Gasteiger partial charge in [0.1, 0.15) is 23.7 Å². The largest absolute Gasteiger partial charge is 0.480 e. The molecule has 2 aromatic rings. The van der Waals surface area contributed by atoms with E-state index in [1.54, 1.807) is 24.3 Å². The molecule has 2 saturated heterocycles. The van der Waals surface area contributed by atoms with Crippen LogP contribution in [-0.4, -0.2) is 59.6 Å². The zero-order valence-electron chi connectivity index (χ0n) is 22.5. The highest BCUT2D eigenvalue weighted by atomic mass is 19.1. The second kappa shape index (κ2) is 12.8. The second-order valence-electron chi connectivity index (χ2n) is 11.5. The topological polar surface area (TPSA) is 67.6 Å². The number of piperidine rings is 1. The predicted molar refractivity (Wildman–Crippen MR) is 144 cm³/mol. The fraction of sp³-hybridized carbons (Fsp3) is 0.548. The summed E-state index contributed by atoms with van der Waals surface area (Å²) in [5, 5.41) is 18.9. The van der Waals surface area contributed by atoms with Gasteiger partial charge in [-0.25, -0.2) is 8.78 Å². The summed E-state index contributed by atoms with van der Waals surface area (Å²) >= 11 is 0. The SMILES string of the molecule is CC(C)[C@H](C(=O)O)N1C[C@H](CN2CCC(CCCc3ccc(F)c(C#N)c3)CC2)[C@@H](c2cccc(F)c2)C1. The second-order valence-corrected chi connectivity index (χ2v) is 11.5. The number of nitrogens with zero attached hydrogens (tertiary/aromatic N) is 3. The molecule has 1 N–H and O–H groups in total. The van der Waals surface area contributed by atoms with Crippen molar-refractivity contribution >= 4 is 5.97 Å². The molecule has 2 aromatic carbocycles. The number of hydrogen-bond acceptors (Lipinski definition) is 4. The standard InChI is InChI=1S/C31H39F2N3O2/c1-21(2)30(31(37)38)36-19-26(28(20-36)24-7-4-8-27(32)16-24)18-35-13-11-22(12-14-35)5-3-6-23-9-10-29(33)25(15-23)17-34/h4,7-10,15-16,21-22,26,28,30H,3,5-6,11-14,18-20H2,1-2H3,(H,37,38)/t26-,28+,30+/m0/s1. The number of rotatable bonds is 10. The summed E-state index contributed by atoms with van der Waals surface area (Å²) in [6.07, 6.45) is 5.23. The van der Waals surface area contributed by atoms with Crippen LogP contribution in [0.3, 0.4) is 0 Å². The molecule has 0 spiro atoms. The number of carboxylic acids is 1. The van der Waals surface area contributed by atoms with Crippen molar-refractivity contribution in [2.45, 2.75) is 57.9 Å². The Morgan fingerprint density at radius 1 is 1.13 bits per heavy atom. The van der Waals surface area contributed by atoms with Crippen molar-refractivity contribution in [3.63, 3.8) is 0 Å². The molecule has 2 aliphatic rings. The molecule has 3 atom stereocenters. The van der Waals surface area contributed by atoms with Gasteiger partial charge in [0.15, 0.2) is 0 Å². The molecule has 2 fully saturated rings. The minimum atomic E-state index is -0.788. The van der Waals surface area contributed by atoms with E-state index < -0.39 is 17.8 Å². The lowest BCUT2D eigenvalue weighted by Gasteiger charge is -2.35. The Balaban J connectivity index is 1.32. The number of aliphatic carboxylic acids is 1. The highest BCUT2D eigenvalue weighted by Crippen LogP contribution is 2.36. The van der Waals surface area contributed by atoms with Gasteiger partial charge >= 0.3 is 5.97 Å². The van der Waals surface area contributed by atoms with Gasteiger partial charge in [0, 0.05) is 25.6 Å². The smallest absolute Gasteiger partial charge is 0.321 e. The van der Waals surface area contributed by atoms with E-state index in [4.69, 9.17) is 5.26 Å². The van der Waals surface area contributed by atoms with E-state index in [9.17, 15) is 18.7 Å². The minimum Gasteiger partial charge on any atom is -0.480 e. The van der Waals surface area contributed by atoms with Gasteiger partial charge < -0.3 is 10.0 Å². The molecule has 2 heterocycles. The molecule has 0 aromatic heterocycles. The number of carbonyl (C=O) groups is 1. The van der Waals surface area contributed by atoms with Crippen LogP contribution in [0.25, 0.3) is 0 Å². The average molecular weight is 524 g/mol. The number of nitriles is 1. The van der Waals surface area contributed by atoms with Crippen molar-refractivity contribution in [3.05, 3.63) is 70.8 Å². The summed E-state index contributed by atoms with van der Waals surface area (Å²) in [6.45, 7) is 8.16. The van der Waals surface area contributed by atoms with E-state index in [1.807, 2.05) is 26.0 Å². The fourth-order valence-electron chi connectivity index (χ4n) is 6.49. The van der Waals surface area contributed by atoms with Crippen LogP contribution in [-0.2, 0) is 11.2 Å². The minimum absolute atomic E-state index is 0.00319. The first-order valence-corrected chi connectivity index (χ1v) is 13.9. The van der Waals surface area contributed by atoms with Crippen molar-refractivity contribution in [3.8, 4) is 6.07 Å². The molecular formula is C31H39F2N3O2. The number of halogens is 2. The zero-order chi connectivity index (χ0) is 27.2. The third-order valence-corrected chi connectivity index (χ3v) is 8.45. The molecule has 38 heavy (non-hydrogen) atoms. The van der Waals surface area contributed by atoms with Crippen LogP contribution >= 0.6 is 0 Å². The Hall–Kier alpha value is -2.82. The maximum Gasteiger partial charge on any atom is 0.321 e. The van der Waals surface area contributed by atoms with E-state index in [0.29, 0.717) is 19.0 Å². The summed E-state index contributed by atoms with van der Waals surface area (Å²) in [7, 11) is 0. The van der Waals surface area contributed by atoms with Gasteiger partial charge in [0.05, 0.1) is 5.56 Å². The Kier molecular flexibility index (Phi) is 9.51. The van der Waals surface area contributed by atoms with Gasteiger partial charge in [-0.05, 0) is 91.9 Å². The van der Waals surface area contributed by atoms with E-state index in [2.05, 4.69) is 9.80 Å². The van der Waals surface area contributed by atoms with Gasteiger partial charge in [-0.1, -0.05) is 38.5 Å². The van der Waals surface area contributed by atoms with Crippen LogP contribution in [0.15, 0.2) is 42.5 Å². The Bertz CT molecular complexity index is 1140. The zero-order valence-corrected chi connectivity index (χ0v) is 22.5. The highest BCUT2D eigenvalue weighted by Gasteiger charge is 2.41. The third-order valence-electron chi connectivity index (χ3n) is 8.45. The first kappa shape index (κ1) is 28.2. The van der Waals surface area contributed by atoms with Gasteiger partial charge in [-0.15, -0.1) is 0 Å². The molecular weight excluding hydrogens is 484 g/mol. The van der Waals surface area contributed by atoms with Crippen LogP contribution in [0, 0.1) is 40.7 Å². The summed E-state index contributed by atoms with van der Waals surface area (Å²) in [5.74, 6) is -0.487. The summed E-state index contributed by atoms with van der Waals surface area (Å²) in [5.41, 5.74) is 2.08. The van der Waals surface area contributed by atoms with Crippen molar-refractivity contribution in [2.24, 2.45) is 17.8 Å². The van der Waals surface area contributed by atoms with E-state index >= 15 is 0 Å². The number of aryl methyl sites for hydroxylation is 1. The van der Waals surface area contributed by atoms with Crippen LogP contribution in [0.1, 0.15) is 62.1 Å². The third kappa shape index (κ3) is 6.98. The first-order valence-electron chi connectivity index (χ1n) is 13.9. The Morgan fingerprint density at radius 2 is 1.89 bits per heavy atom. The lowest BCUT2D eigenvalue weighted by Crippen LogP contribution is -2.44. The van der Waals surface area contributed by atoms with Crippen molar-refractivity contribution in [2.75, 3.05) is 32.7 Å². The average Bonchev–Trinajstić information content (AvgIpc) is 3.28. The van der Waals surface area contributed by atoms with Crippen molar-refractivity contribution in [1.29, 1.82) is 5.26 Å². The normalized spacial score (nSPS) is 22.0. The van der Waals surface area contributed by atoms with Crippen LogP contribution in [0.2, 0.25) is 0 Å². The van der Waals surface area contributed by atoms with Gasteiger partial charge in [0.2, 0.25) is 0 Å². The predicted octanol–water partition coefficient (Wildman–Crippen LogP) is 5.70. The van der Waals surface area contributed by atoms with Crippen molar-refractivity contribution < 1.29 is 18.7 Å². The Morgan fingerprint density at radius 3 is 2.55 bits per heavy atom. The molecule has 0 aliphatic carbocycles. The molecule has 2 aliphatic heterocycles. The Labute approximate surface area is 225 Å². The van der Waals surface area contributed by atoms with E-state index in [1.165, 1.54) is 12.1 Å². The lowest BCUT2D eigenvalue weighted by atomic mass is 9.86. The summed E-state index contributed by atoms with van der Waals surface area (Å²) in [6, 6.07) is 13.0. The summed E-state index contributed by atoms with van der Waals surface area (Å²) < 4.78 is 27.6. The molecule has 0 unspecified atom stereocenters. The van der Waals surface area contributed by atoms with Gasteiger partial charge in [-0.2, -0.15) is 5.26 Å².